The molecule has 0 saturated heterocycles. The quantitative estimate of drug-likeness (QED) is 0.0952. The van der Waals surface area contributed by atoms with Crippen LogP contribution >= 0.6 is 0 Å². The maximum Gasteiger partial charge on any atom is 0.407 e. The molecule has 57 heavy (non-hydrogen) atoms. The van der Waals surface area contributed by atoms with Crippen LogP contribution in [0, 0.1) is 5.92 Å². The van der Waals surface area contributed by atoms with Crippen molar-refractivity contribution in [1.29, 1.82) is 0 Å². The van der Waals surface area contributed by atoms with E-state index in [2.05, 4.69) is 90.7 Å². The Morgan fingerprint density at radius 2 is 1.26 bits per heavy atom. The van der Waals surface area contributed by atoms with Gasteiger partial charge in [0.15, 0.2) is 0 Å². The molecule has 0 fully saturated rings. The molecule has 3 amide bonds. The Hall–Kier alpha value is -6.23. The zero-order valence-electron chi connectivity index (χ0n) is 33.4. The molecule has 0 radical (unpaired) electrons. The molecule has 11 heteroatoms. The molecule has 3 N–H and O–H groups in total. The van der Waals surface area contributed by atoms with Crippen molar-refractivity contribution in [2.45, 2.75) is 72.5 Å². The van der Waals surface area contributed by atoms with E-state index in [9.17, 15) is 14.4 Å². The number of hydrogen-bond donors (Lipinski definition) is 3. The molecule has 0 unspecified atom stereocenters. The topological polar surface area (TPSA) is 136 Å². The van der Waals surface area contributed by atoms with Gasteiger partial charge < -0.3 is 29.8 Å². The Kier molecular flexibility index (Phi) is 11.8. The van der Waals surface area contributed by atoms with E-state index in [1.54, 1.807) is 4.90 Å². The molecule has 7 rings (SSSR count). The highest BCUT2D eigenvalue weighted by atomic mass is 16.5. The van der Waals surface area contributed by atoms with Crippen LogP contribution in [0.15, 0.2) is 91.0 Å². The molecule has 5 aromatic carbocycles. The monoisotopic (exact) mass is 765 g/mol. The smallest absolute Gasteiger partial charge is 0.407 e. The third-order valence-corrected chi connectivity index (χ3v) is 10.7. The highest BCUT2D eigenvalue weighted by Crippen LogP contribution is 2.33. The van der Waals surface area contributed by atoms with Gasteiger partial charge in [-0.1, -0.05) is 101 Å². The maximum absolute atomic E-state index is 14.0. The first-order chi connectivity index (χ1) is 27.7. The minimum atomic E-state index is -0.899. The van der Waals surface area contributed by atoms with E-state index in [4.69, 9.17) is 14.7 Å². The third-order valence-electron chi connectivity index (χ3n) is 10.7. The number of methoxy groups -OCH3 is 1. The highest BCUT2D eigenvalue weighted by Gasteiger charge is 2.28. The number of nitrogens with one attached hydrogen (secondary N) is 3. The van der Waals surface area contributed by atoms with Crippen LogP contribution in [0.4, 0.5) is 4.79 Å². The summed E-state index contributed by atoms with van der Waals surface area (Å²) < 4.78 is 4.84. The first-order valence-corrected chi connectivity index (χ1v) is 20.0. The van der Waals surface area contributed by atoms with Crippen LogP contribution in [0.25, 0.3) is 54.7 Å². The highest BCUT2D eigenvalue weighted by molar-refractivity contribution is 6.07. The van der Waals surface area contributed by atoms with Gasteiger partial charge in [-0.05, 0) is 70.5 Å². The number of ether oxygens (including phenoxy) is 1. The summed E-state index contributed by atoms with van der Waals surface area (Å²) in [6, 6.07) is 29.5. The standard InChI is InChI=1S/C46H51N7O4/c1-6-22-52(41(54)24-29(4)8-3)27-39-47-37-20-16-33-25-31(14-18-35(33)43(37)49-39)32-15-19-36-34(26-32)17-21-38-44(36)50-40(48-38)28-53(23-7-2)45(55)42(51-46(56)57-5)30-12-10-9-11-13-30/h9-21,25-26,29,42H,6-8,22-24,27-28H2,1-5H3,(H,47,49)(H,48,50)(H,51,56)/t29-,42+/m0/s1. The van der Waals surface area contributed by atoms with Crippen LogP contribution in [0.3, 0.4) is 0 Å². The van der Waals surface area contributed by atoms with E-state index in [1.165, 1.54) is 7.11 Å². The molecule has 0 bridgehead atoms. The van der Waals surface area contributed by atoms with Crippen LogP contribution in [-0.2, 0) is 27.4 Å². The molecule has 2 atom stereocenters. The molecule has 0 saturated carbocycles. The number of benzene rings is 5. The van der Waals surface area contributed by atoms with Gasteiger partial charge in [-0.15, -0.1) is 0 Å². The van der Waals surface area contributed by atoms with Crippen molar-refractivity contribution in [3.8, 4) is 11.1 Å². The summed E-state index contributed by atoms with van der Waals surface area (Å²) in [5.74, 6) is 1.75. The van der Waals surface area contributed by atoms with Crippen molar-refractivity contribution in [3.05, 3.63) is 108 Å². The number of H-pyrrole nitrogens is 2. The lowest BCUT2D eigenvalue weighted by atomic mass is 9.98. The fourth-order valence-electron chi connectivity index (χ4n) is 7.54. The van der Waals surface area contributed by atoms with Gasteiger partial charge in [-0.25, -0.2) is 14.8 Å². The lowest BCUT2D eigenvalue weighted by molar-refractivity contribution is -0.134. The fourth-order valence-corrected chi connectivity index (χ4v) is 7.54. The Bertz CT molecular complexity index is 2540. The summed E-state index contributed by atoms with van der Waals surface area (Å²) in [5, 5.41) is 6.93. The van der Waals surface area contributed by atoms with Crippen LogP contribution in [0.2, 0.25) is 0 Å². The van der Waals surface area contributed by atoms with E-state index in [-0.39, 0.29) is 18.4 Å². The first-order valence-electron chi connectivity index (χ1n) is 20.0. The van der Waals surface area contributed by atoms with Crippen molar-refractivity contribution < 1.29 is 19.1 Å². The normalized spacial score (nSPS) is 12.6. The van der Waals surface area contributed by atoms with Crippen molar-refractivity contribution in [1.82, 2.24) is 35.1 Å². The summed E-state index contributed by atoms with van der Waals surface area (Å²) in [5.41, 5.74) is 6.43. The molecule has 2 aromatic heterocycles. The average Bonchev–Trinajstić information content (AvgIpc) is 3.86. The van der Waals surface area contributed by atoms with Crippen molar-refractivity contribution >= 4 is 61.5 Å². The fraction of sp³-hybridized carbons (Fsp3) is 0.326. The minimum Gasteiger partial charge on any atom is -0.453 e. The van der Waals surface area contributed by atoms with Gasteiger partial charge in [-0.3, -0.25) is 9.59 Å². The first kappa shape index (κ1) is 39.0. The van der Waals surface area contributed by atoms with Gasteiger partial charge >= 0.3 is 6.09 Å². The number of carbonyl (C=O) groups is 3. The number of hydrogen-bond acceptors (Lipinski definition) is 6. The second kappa shape index (κ2) is 17.3. The summed E-state index contributed by atoms with van der Waals surface area (Å²) in [6.07, 6.45) is 2.50. The SMILES string of the molecule is CCCN(Cc1nc2c(ccc3cc(-c4ccc5c(ccc6[nH]c(CN(CCC)C(=O)[C@H](NC(=O)OC)c7ccccc7)nc65)c4)ccc32)[nH]1)C(=O)C[C@@H](C)CC. The minimum absolute atomic E-state index is 0.180. The zero-order valence-corrected chi connectivity index (χ0v) is 33.4. The largest absolute Gasteiger partial charge is 0.453 e. The van der Waals surface area contributed by atoms with Crippen LogP contribution in [-0.4, -0.2) is 67.8 Å². The van der Waals surface area contributed by atoms with Crippen molar-refractivity contribution in [2.75, 3.05) is 20.2 Å². The van der Waals surface area contributed by atoms with E-state index < -0.39 is 12.1 Å². The number of nitrogens with zero attached hydrogens (tertiary/aromatic N) is 4. The Labute approximate surface area is 332 Å². The summed E-state index contributed by atoms with van der Waals surface area (Å²) in [7, 11) is 1.28. The van der Waals surface area contributed by atoms with Crippen LogP contribution < -0.4 is 5.32 Å². The molecule has 294 valence electrons. The molecule has 7 aromatic rings. The van der Waals surface area contributed by atoms with E-state index >= 15 is 0 Å². The molecule has 0 aliphatic heterocycles. The number of aromatic amines is 2. The lowest BCUT2D eigenvalue weighted by Gasteiger charge is -2.27. The van der Waals surface area contributed by atoms with Crippen molar-refractivity contribution in [2.24, 2.45) is 5.92 Å². The number of carbonyl (C=O) groups excluding carboxylic acids is 3. The van der Waals surface area contributed by atoms with E-state index in [0.29, 0.717) is 43.4 Å². The number of fused-ring (bicyclic) bond motifs is 6. The Morgan fingerprint density at radius 1 is 0.719 bits per heavy atom. The maximum atomic E-state index is 14.0. The summed E-state index contributed by atoms with van der Waals surface area (Å²) in [4.78, 5) is 59.8. The molecule has 0 aliphatic rings. The van der Waals surface area contributed by atoms with Gasteiger partial charge in [-0.2, -0.15) is 0 Å². The van der Waals surface area contributed by atoms with Crippen LogP contribution in [0.1, 0.15) is 76.6 Å². The van der Waals surface area contributed by atoms with E-state index in [1.807, 2.05) is 48.2 Å². The van der Waals surface area contributed by atoms with Crippen LogP contribution in [0.5, 0.6) is 0 Å². The van der Waals surface area contributed by atoms with Gasteiger partial charge in [0.25, 0.3) is 0 Å². The Morgan fingerprint density at radius 3 is 1.79 bits per heavy atom. The third kappa shape index (κ3) is 8.47. The molecule has 2 heterocycles. The molecule has 0 spiro atoms. The van der Waals surface area contributed by atoms with Gasteiger partial charge in [0.05, 0.1) is 42.3 Å². The van der Waals surface area contributed by atoms with Gasteiger partial charge in [0.1, 0.15) is 17.7 Å². The number of aromatic nitrogens is 4. The van der Waals surface area contributed by atoms with Gasteiger partial charge in [0, 0.05) is 30.3 Å². The predicted octanol–water partition coefficient (Wildman–Crippen LogP) is 9.42. The average molecular weight is 766 g/mol. The number of rotatable bonds is 15. The summed E-state index contributed by atoms with van der Waals surface area (Å²) >= 11 is 0. The van der Waals surface area contributed by atoms with Crippen molar-refractivity contribution in [3.63, 3.8) is 0 Å². The second-order valence-corrected chi connectivity index (χ2v) is 14.9. The number of imidazole rings is 2. The molecule has 11 nitrogen and oxygen atoms in total. The zero-order chi connectivity index (χ0) is 40.1. The lowest BCUT2D eigenvalue weighted by Crippen LogP contribution is -2.43. The Balaban J connectivity index is 1.13. The second-order valence-electron chi connectivity index (χ2n) is 14.9. The predicted molar refractivity (Wildman–Crippen MR) is 226 cm³/mol. The molecular weight excluding hydrogens is 715 g/mol. The molecular formula is C46H51N7O4. The van der Waals surface area contributed by atoms with E-state index in [0.717, 1.165) is 79.8 Å². The summed E-state index contributed by atoms with van der Waals surface area (Å²) in [6.45, 7) is 10.3. The number of alkyl carbamates (subject to hydrolysis) is 1. The number of amides is 3. The molecule has 0 aliphatic carbocycles. The van der Waals surface area contributed by atoms with Gasteiger partial charge in [0.2, 0.25) is 11.8 Å².